The van der Waals surface area contributed by atoms with Gasteiger partial charge in [-0.05, 0) is 56.7 Å². The molecule has 206 valence electrons. The lowest BCUT2D eigenvalue weighted by Crippen LogP contribution is -2.52. The number of nitrogens with one attached hydrogen (secondary N) is 1. The maximum atomic E-state index is 13.8. The summed E-state index contributed by atoms with van der Waals surface area (Å²) in [5.74, 6) is -1.09. The minimum absolute atomic E-state index is 0.0507. The van der Waals surface area contributed by atoms with Crippen LogP contribution in [0.3, 0.4) is 0 Å². The summed E-state index contributed by atoms with van der Waals surface area (Å²) in [6.07, 6.45) is 0. The van der Waals surface area contributed by atoms with Crippen molar-refractivity contribution in [3.63, 3.8) is 0 Å². The van der Waals surface area contributed by atoms with E-state index < -0.39 is 39.3 Å². The number of nitro groups is 1. The van der Waals surface area contributed by atoms with Gasteiger partial charge in [0.15, 0.2) is 0 Å². The summed E-state index contributed by atoms with van der Waals surface area (Å²) in [7, 11) is -4.27. The first-order chi connectivity index (χ1) is 18.4. The number of anilines is 1. The highest BCUT2D eigenvalue weighted by atomic mass is 35.5. The molecule has 0 saturated heterocycles. The highest BCUT2D eigenvalue weighted by Crippen LogP contribution is 2.27. The molecule has 0 fully saturated rings. The third-order valence-electron chi connectivity index (χ3n) is 5.86. The van der Waals surface area contributed by atoms with Crippen molar-refractivity contribution in [3.8, 4) is 0 Å². The van der Waals surface area contributed by atoms with Gasteiger partial charge in [0, 0.05) is 29.7 Å². The van der Waals surface area contributed by atoms with Crippen LogP contribution in [0, 0.1) is 10.1 Å². The van der Waals surface area contributed by atoms with Gasteiger partial charge in [-0.25, -0.2) is 8.42 Å². The van der Waals surface area contributed by atoms with Gasteiger partial charge in [-0.1, -0.05) is 48.0 Å². The molecular weight excluding hydrogens is 544 g/mol. The van der Waals surface area contributed by atoms with Crippen LogP contribution < -0.4 is 9.62 Å². The zero-order chi connectivity index (χ0) is 28.7. The van der Waals surface area contributed by atoms with Crippen LogP contribution in [0.4, 0.5) is 11.4 Å². The fourth-order valence-corrected chi connectivity index (χ4v) is 5.42. The Labute approximate surface area is 232 Å². The Morgan fingerprint density at radius 1 is 0.949 bits per heavy atom. The van der Waals surface area contributed by atoms with E-state index in [2.05, 4.69) is 5.32 Å². The second-order valence-electron chi connectivity index (χ2n) is 9.05. The molecule has 1 N–H and O–H groups in total. The summed E-state index contributed by atoms with van der Waals surface area (Å²) in [5.41, 5.74) is 0.390. The minimum atomic E-state index is -4.27. The van der Waals surface area contributed by atoms with E-state index in [1.54, 1.807) is 63.2 Å². The molecule has 1 unspecified atom stereocenters. The van der Waals surface area contributed by atoms with Crippen LogP contribution in [-0.4, -0.2) is 48.7 Å². The summed E-state index contributed by atoms with van der Waals surface area (Å²) >= 11 is 6.34. The number of carbonyl (C=O) groups is 2. The van der Waals surface area contributed by atoms with E-state index in [1.807, 2.05) is 0 Å². The van der Waals surface area contributed by atoms with Crippen LogP contribution >= 0.6 is 11.6 Å². The van der Waals surface area contributed by atoms with E-state index in [-0.39, 0.29) is 28.9 Å². The molecule has 3 aromatic carbocycles. The number of nitrogens with zero attached hydrogens (tertiary/aromatic N) is 3. The van der Waals surface area contributed by atoms with Gasteiger partial charge in [-0.3, -0.25) is 24.0 Å². The molecule has 3 rings (SSSR count). The lowest BCUT2D eigenvalue weighted by Gasteiger charge is -2.32. The predicted molar refractivity (Wildman–Crippen MR) is 149 cm³/mol. The molecule has 12 heteroatoms. The maximum absolute atomic E-state index is 13.8. The van der Waals surface area contributed by atoms with Gasteiger partial charge in [0.2, 0.25) is 11.8 Å². The molecule has 0 aliphatic rings. The zero-order valence-electron chi connectivity index (χ0n) is 21.7. The van der Waals surface area contributed by atoms with Gasteiger partial charge in [-0.15, -0.1) is 0 Å². The molecule has 2 amide bonds. The van der Waals surface area contributed by atoms with E-state index >= 15 is 0 Å². The van der Waals surface area contributed by atoms with Gasteiger partial charge in [0.05, 0.1) is 15.5 Å². The van der Waals surface area contributed by atoms with Crippen molar-refractivity contribution < 1.29 is 22.9 Å². The standard InChI is InChI=1S/C27H29ClN4O6S/c1-19(2)29-27(34)20(3)30(17-21-9-7-8-12-25(21)28)26(33)18-31(22-13-15-23(16-14-22)32(35)36)39(37,38)24-10-5-4-6-11-24/h4-16,19-20H,17-18H2,1-3H3,(H,29,34). The monoisotopic (exact) mass is 572 g/mol. The first kappa shape index (κ1) is 29.6. The van der Waals surface area contributed by atoms with E-state index in [0.29, 0.717) is 10.6 Å². The molecule has 3 aromatic rings. The lowest BCUT2D eigenvalue weighted by atomic mass is 10.1. The number of halogens is 1. The number of hydrogen-bond acceptors (Lipinski definition) is 6. The van der Waals surface area contributed by atoms with E-state index in [0.717, 1.165) is 16.4 Å². The topological polar surface area (TPSA) is 130 Å². The summed E-state index contributed by atoms with van der Waals surface area (Å²) < 4.78 is 28.3. The smallest absolute Gasteiger partial charge is 0.269 e. The van der Waals surface area contributed by atoms with Crippen molar-refractivity contribution in [3.05, 3.63) is 99.6 Å². The molecule has 0 saturated carbocycles. The van der Waals surface area contributed by atoms with Crippen LogP contribution in [0.2, 0.25) is 5.02 Å². The normalized spacial score (nSPS) is 12.0. The second kappa shape index (κ2) is 12.7. The number of non-ortho nitro benzene ring substituents is 1. The molecule has 10 nitrogen and oxygen atoms in total. The number of nitro benzene ring substituents is 1. The predicted octanol–water partition coefficient (Wildman–Crippen LogP) is 4.39. The number of amides is 2. The molecule has 0 bridgehead atoms. The average Bonchev–Trinajstić information content (AvgIpc) is 2.90. The highest BCUT2D eigenvalue weighted by Gasteiger charge is 2.33. The van der Waals surface area contributed by atoms with Crippen LogP contribution in [0.25, 0.3) is 0 Å². The van der Waals surface area contributed by atoms with Crippen molar-refractivity contribution in [2.24, 2.45) is 0 Å². The molecule has 0 aromatic heterocycles. The van der Waals surface area contributed by atoms with Crippen LogP contribution in [0.5, 0.6) is 0 Å². The fourth-order valence-electron chi connectivity index (χ4n) is 3.79. The summed E-state index contributed by atoms with van der Waals surface area (Å²) in [6, 6.07) is 18.1. The Morgan fingerprint density at radius 3 is 2.10 bits per heavy atom. The van der Waals surface area contributed by atoms with Crippen molar-refractivity contribution in [1.82, 2.24) is 10.2 Å². The van der Waals surface area contributed by atoms with Gasteiger partial charge < -0.3 is 10.2 Å². The summed E-state index contributed by atoms with van der Waals surface area (Å²) in [5, 5.41) is 14.3. The quantitative estimate of drug-likeness (QED) is 0.268. The summed E-state index contributed by atoms with van der Waals surface area (Å²) in [6.45, 7) is 4.40. The second-order valence-corrected chi connectivity index (χ2v) is 11.3. The van der Waals surface area contributed by atoms with E-state index in [1.165, 1.54) is 29.2 Å². The molecule has 39 heavy (non-hydrogen) atoms. The van der Waals surface area contributed by atoms with Gasteiger partial charge in [0.1, 0.15) is 12.6 Å². The maximum Gasteiger partial charge on any atom is 0.269 e. The number of sulfonamides is 1. The van der Waals surface area contributed by atoms with E-state index in [4.69, 9.17) is 11.6 Å². The van der Waals surface area contributed by atoms with Crippen molar-refractivity contribution >= 4 is 44.8 Å². The molecular formula is C27H29ClN4O6S. The Morgan fingerprint density at radius 2 is 1.54 bits per heavy atom. The number of carbonyl (C=O) groups excluding carboxylic acids is 2. The van der Waals surface area contributed by atoms with Crippen LogP contribution in [0.1, 0.15) is 26.3 Å². The summed E-state index contributed by atoms with van der Waals surface area (Å²) in [4.78, 5) is 38.5. The number of rotatable bonds is 11. The number of hydrogen-bond donors (Lipinski definition) is 1. The number of benzene rings is 3. The van der Waals surface area contributed by atoms with Gasteiger partial charge in [0.25, 0.3) is 15.7 Å². The Kier molecular flexibility index (Phi) is 9.66. The molecule has 1 atom stereocenters. The van der Waals surface area contributed by atoms with Crippen molar-refractivity contribution in [2.75, 3.05) is 10.8 Å². The minimum Gasteiger partial charge on any atom is -0.352 e. The SMILES string of the molecule is CC(C)NC(=O)C(C)N(Cc1ccccc1Cl)C(=O)CN(c1ccc([N+](=O)[O-])cc1)S(=O)(=O)c1ccccc1. The Hall–Kier alpha value is -3.96. The molecule has 0 aliphatic heterocycles. The highest BCUT2D eigenvalue weighted by molar-refractivity contribution is 7.92. The van der Waals surface area contributed by atoms with Crippen molar-refractivity contribution in [1.29, 1.82) is 0 Å². The lowest BCUT2D eigenvalue weighted by molar-refractivity contribution is -0.384. The third kappa shape index (κ3) is 7.33. The molecule has 0 spiro atoms. The third-order valence-corrected chi connectivity index (χ3v) is 8.01. The Balaban J connectivity index is 2.05. The van der Waals surface area contributed by atoms with Crippen LogP contribution in [-0.2, 0) is 26.2 Å². The van der Waals surface area contributed by atoms with Gasteiger partial charge >= 0.3 is 0 Å². The average molecular weight is 573 g/mol. The molecule has 0 heterocycles. The van der Waals surface area contributed by atoms with Crippen LogP contribution in [0.15, 0.2) is 83.8 Å². The van der Waals surface area contributed by atoms with Crippen molar-refractivity contribution in [2.45, 2.75) is 44.3 Å². The molecule has 0 radical (unpaired) electrons. The van der Waals surface area contributed by atoms with Gasteiger partial charge in [-0.2, -0.15) is 0 Å². The Bertz CT molecular complexity index is 1430. The molecule has 0 aliphatic carbocycles. The zero-order valence-corrected chi connectivity index (χ0v) is 23.2. The van der Waals surface area contributed by atoms with E-state index in [9.17, 15) is 28.1 Å². The fraction of sp³-hybridized carbons (Fsp3) is 0.259. The first-order valence-electron chi connectivity index (χ1n) is 12.1. The largest absolute Gasteiger partial charge is 0.352 e. The first-order valence-corrected chi connectivity index (χ1v) is 13.9.